The van der Waals surface area contributed by atoms with Crippen LogP contribution in [0.5, 0.6) is 0 Å². The normalized spacial score (nSPS) is 11.2. The van der Waals surface area contributed by atoms with E-state index in [9.17, 15) is 9.36 Å². The molecule has 7 heteroatoms. The molecule has 0 aliphatic carbocycles. The molecule has 0 heterocycles. The van der Waals surface area contributed by atoms with Gasteiger partial charge in [0.1, 0.15) is 6.61 Å². The molecule has 0 bridgehead atoms. The van der Waals surface area contributed by atoms with Gasteiger partial charge in [-0.05, 0) is 0 Å². The molecule has 1 amide bonds. The number of carbonyl (C=O) groups is 1. The lowest BCUT2D eigenvalue weighted by atomic mass is 10.6. The number of carbonyl (C=O) groups excluding carboxylic acids is 1. The van der Waals surface area contributed by atoms with Crippen LogP contribution in [0.15, 0.2) is 0 Å². The first-order valence-corrected chi connectivity index (χ1v) is 4.67. The Bertz CT molecular complexity index is 175. The van der Waals surface area contributed by atoms with Crippen LogP contribution in [0, 0.1) is 0 Å². The Kier molecular flexibility index (Phi) is 4.29. The fraction of sp³-hybridized carbons (Fsp3) is 0.750. The molecule has 0 atom stereocenters. The van der Waals surface area contributed by atoms with Crippen LogP contribution < -0.4 is 5.32 Å². The van der Waals surface area contributed by atoms with Gasteiger partial charge in [-0.15, -0.1) is 0 Å². The zero-order chi connectivity index (χ0) is 8.91. The number of aliphatic hydroxyl groups is 1. The van der Waals surface area contributed by atoms with Crippen molar-refractivity contribution in [2.24, 2.45) is 0 Å². The molecule has 4 N–H and O–H groups in total. The molecular weight excluding hydrogens is 173 g/mol. The summed E-state index contributed by atoms with van der Waals surface area (Å²) in [4.78, 5) is 26.9. The van der Waals surface area contributed by atoms with E-state index in [1.165, 1.54) is 0 Å². The van der Waals surface area contributed by atoms with Gasteiger partial charge in [0.2, 0.25) is 5.91 Å². The Balaban J connectivity index is 3.43. The van der Waals surface area contributed by atoms with E-state index in [1.807, 2.05) is 0 Å². The van der Waals surface area contributed by atoms with Crippen molar-refractivity contribution in [2.75, 3.05) is 19.3 Å². The number of hydrogen-bond acceptors (Lipinski definition) is 3. The van der Waals surface area contributed by atoms with Crippen molar-refractivity contribution in [1.82, 2.24) is 5.32 Å². The summed E-state index contributed by atoms with van der Waals surface area (Å²) in [6.07, 6.45) is -0.404. The van der Waals surface area contributed by atoms with E-state index in [0.717, 1.165) is 0 Å². The molecule has 6 nitrogen and oxygen atoms in total. The van der Waals surface area contributed by atoms with Crippen molar-refractivity contribution < 1.29 is 24.3 Å². The lowest BCUT2D eigenvalue weighted by Crippen LogP contribution is -2.28. The van der Waals surface area contributed by atoms with E-state index in [1.54, 1.807) is 0 Å². The SMILES string of the molecule is O=C(CO)NCCP(=O)(O)O. The number of rotatable bonds is 4. The summed E-state index contributed by atoms with van der Waals surface area (Å²) in [5.41, 5.74) is 0. The quantitative estimate of drug-likeness (QED) is 0.387. The fourth-order valence-electron chi connectivity index (χ4n) is 0.397. The topological polar surface area (TPSA) is 107 Å². The number of aliphatic hydroxyl groups excluding tert-OH is 1. The fourth-order valence-corrected chi connectivity index (χ4v) is 0.800. The second kappa shape index (κ2) is 4.46. The molecule has 0 aliphatic rings. The molecule has 0 unspecified atom stereocenters. The molecule has 0 rings (SSSR count). The molecule has 0 spiro atoms. The first-order chi connectivity index (χ1) is 4.95. The van der Waals surface area contributed by atoms with Gasteiger partial charge >= 0.3 is 7.60 Å². The van der Waals surface area contributed by atoms with Crippen molar-refractivity contribution in [3.63, 3.8) is 0 Å². The van der Waals surface area contributed by atoms with Crippen molar-refractivity contribution in [1.29, 1.82) is 0 Å². The maximum absolute atomic E-state index is 10.3. The molecule has 0 aliphatic heterocycles. The summed E-state index contributed by atoms with van der Waals surface area (Å²) in [5.74, 6) is -0.640. The minimum absolute atomic E-state index is 0.121. The number of amides is 1. The highest BCUT2D eigenvalue weighted by molar-refractivity contribution is 7.51. The predicted octanol–water partition coefficient (Wildman–Crippen LogP) is -1.73. The lowest BCUT2D eigenvalue weighted by Gasteiger charge is -2.03. The van der Waals surface area contributed by atoms with Gasteiger partial charge in [0.15, 0.2) is 0 Å². The Morgan fingerprint density at radius 3 is 2.36 bits per heavy atom. The molecule has 66 valence electrons. The van der Waals surface area contributed by atoms with Gasteiger partial charge in [0.25, 0.3) is 0 Å². The zero-order valence-corrected chi connectivity index (χ0v) is 6.62. The Morgan fingerprint density at radius 2 is 2.00 bits per heavy atom. The van der Waals surface area contributed by atoms with E-state index in [4.69, 9.17) is 14.9 Å². The third-order valence-corrected chi connectivity index (χ3v) is 1.68. The van der Waals surface area contributed by atoms with Crippen LogP contribution in [-0.4, -0.2) is 40.1 Å². The predicted molar refractivity (Wildman–Crippen MR) is 37.0 cm³/mol. The van der Waals surface area contributed by atoms with Gasteiger partial charge in [-0.1, -0.05) is 0 Å². The van der Waals surface area contributed by atoms with Crippen molar-refractivity contribution >= 4 is 13.5 Å². The highest BCUT2D eigenvalue weighted by Gasteiger charge is 2.11. The smallest absolute Gasteiger partial charge is 0.327 e. The molecule has 0 aromatic carbocycles. The summed E-state index contributed by atoms with van der Waals surface area (Å²) >= 11 is 0. The minimum atomic E-state index is -4.03. The molecule has 0 saturated heterocycles. The first kappa shape index (κ1) is 10.6. The van der Waals surface area contributed by atoms with Gasteiger partial charge in [0, 0.05) is 6.54 Å². The van der Waals surface area contributed by atoms with Crippen molar-refractivity contribution in [3.8, 4) is 0 Å². The standard InChI is InChI=1S/C4H10NO5P/c6-3-4(7)5-1-2-11(8,9)10/h6H,1-3H2,(H,5,7)(H2,8,9,10). The van der Waals surface area contributed by atoms with E-state index >= 15 is 0 Å². The summed E-state index contributed by atoms with van der Waals surface area (Å²) < 4.78 is 10.2. The molecule has 11 heavy (non-hydrogen) atoms. The van der Waals surface area contributed by atoms with E-state index < -0.39 is 26.3 Å². The lowest BCUT2D eigenvalue weighted by molar-refractivity contribution is -0.123. The van der Waals surface area contributed by atoms with Crippen molar-refractivity contribution in [2.45, 2.75) is 0 Å². The molecular formula is C4H10NO5P. The number of hydrogen-bond donors (Lipinski definition) is 4. The highest BCUT2D eigenvalue weighted by atomic mass is 31.2. The van der Waals surface area contributed by atoms with Gasteiger partial charge in [0.05, 0.1) is 6.16 Å². The Morgan fingerprint density at radius 1 is 1.45 bits per heavy atom. The third kappa shape index (κ3) is 7.48. The minimum Gasteiger partial charge on any atom is -0.387 e. The number of nitrogens with one attached hydrogen (secondary N) is 1. The molecule has 0 radical (unpaired) electrons. The maximum atomic E-state index is 10.3. The van der Waals surface area contributed by atoms with Gasteiger partial charge in [-0.3, -0.25) is 9.36 Å². The van der Waals surface area contributed by atoms with E-state index in [2.05, 4.69) is 5.32 Å². The highest BCUT2D eigenvalue weighted by Crippen LogP contribution is 2.32. The van der Waals surface area contributed by atoms with Crippen LogP contribution in [0.1, 0.15) is 0 Å². The van der Waals surface area contributed by atoms with Gasteiger partial charge < -0.3 is 20.2 Å². The van der Waals surface area contributed by atoms with Crippen LogP contribution in [0.4, 0.5) is 0 Å². The monoisotopic (exact) mass is 183 g/mol. The second-order valence-corrected chi connectivity index (χ2v) is 3.67. The largest absolute Gasteiger partial charge is 0.387 e. The molecule has 0 fully saturated rings. The van der Waals surface area contributed by atoms with Gasteiger partial charge in [-0.25, -0.2) is 0 Å². The molecule has 0 aromatic heterocycles. The van der Waals surface area contributed by atoms with Crippen LogP contribution in [0.3, 0.4) is 0 Å². The third-order valence-electron chi connectivity index (χ3n) is 0.869. The van der Waals surface area contributed by atoms with Crippen LogP contribution in [0.2, 0.25) is 0 Å². The van der Waals surface area contributed by atoms with Crippen LogP contribution in [-0.2, 0) is 9.36 Å². The van der Waals surface area contributed by atoms with E-state index in [0.29, 0.717) is 0 Å². The average Bonchev–Trinajstić information content (AvgIpc) is 1.85. The van der Waals surface area contributed by atoms with E-state index in [-0.39, 0.29) is 6.54 Å². The summed E-state index contributed by atoms with van der Waals surface area (Å²) in [5, 5.41) is 10.3. The maximum Gasteiger partial charge on any atom is 0.327 e. The molecule has 0 saturated carbocycles. The van der Waals surface area contributed by atoms with Crippen LogP contribution >= 0.6 is 7.60 Å². The summed E-state index contributed by atoms with van der Waals surface area (Å²) in [6.45, 7) is -0.787. The second-order valence-electron chi connectivity index (χ2n) is 1.90. The van der Waals surface area contributed by atoms with Crippen molar-refractivity contribution in [3.05, 3.63) is 0 Å². The Hall–Kier alpha value is -0.420. The Labute approximate surface area is 63.4 Å². The van der Waals surface area contributed by atoms with Gasteiger partial charge in [-0.2, -0.15) is 0 Å². The summed E-state index contributed by atoms with van der Waals surface area (Å²) in [7, 11) is -4.03. The zero-order valence-electron chi connectivity index (χ0n) is 5.73. The van der Waals surface area contributed by atoms with Crippen LogP contribution in [0.25, 0.3) is 0 Å². The molecule has 0 aromatic rings. The first-order valence-electron chi connectivity index (χ1n) is 2.88. The average molecular weight is 183 g/mol. The summed E-state index contributed by atoms with van der Waals surface area (Å²) in [6, 6.07) is 0.